The molecule has 3 aromatic heterocycles. The van der Waals surface area contributed by atoms with Crippen LogP contribution >= 0.6 is 35.3 Å². The fourth-order valence-electron chi connectivity index (χ4n) is 3.11. The third-order valence-electron chi connectivity index (χ3n) is 4.43. The molecule has 9 heteroatoms. The van der Waals surface area contributed by atoms with Crippen LogP contribution < -0.4 is 0 Å². The Labute approximate surface area is 181 Å². The molecule has 0 N–H and O–H groups in total. The first kappa shape index (κ1) is 19.8. The minimum Gasteiger partial charge on any atom is -0.360 e. The van der Waals surface area contributed by atoms with Crippen LogP contribution in [0.3, 0.4) is 0 Å². The van der Waals surface area contributed by atoms with Crippen molar-refractivity contribution in [1.82, 2.24) is 19.5 Å². The second-order valence-corrected chi connectivity index (χ2v) is 9.35. The van der Waals surface area contributed by atoms with Gasteiger partial charge in [0.2, 0.25) is 0 Å². The lowest BCUT2D eigenvalue weighted by molar-refractivity contribution is 0.102. The van der Waals surface area contributed by atoms with Crippen molar-refractivity contribution in [3.8, 4) is 11.5 Å². The Morgan fingerprint density at radius 3 is 2.66 bits per heavy atom. The molecule has 4 rings (SSSR count). The fraction of sp³-hybridized carbons (Fsp3) is 0.200. The van der Waals surface area contributed by atoms with Gasteiger partial charge in [0.25, 0.3) is 0 Å². The number of thioether (sulfide) groups is 1. The Morgan fingerprint density at radius 1 is 1.21 bits per heavy atom. The lowest BCUT2D eigenvalue weighted by Crippen LogP contribution is -2.06. The van der Waals surface area contributed by atoms with Crippen molar-refractivity contribution >= 4 is 41.1 Å². The molecule has 0 fully saturated rings. The monoisotopic (exact) mass is 442 g/mol. The molecule has 0 amide bonds. The minimum absolute atomic E-state index is 0.0435. The van der Waals surface area contributed by atoms with Crippen LogP contribution in [0.2, 0.25) is 0 Å². The molecule has 1 aromatic carbocycles. The fourth-order valence-corrected chi connectivity index (χ4v) is 5.36. The summed E-state index contributed by atoms with van der Waals surface area (Å²) in [5.41, 5.74) is 3.39. The van der Waals surface area contributed by atoms with Gasteiger partial charge >= 0.3 is 0 Å². The highest BCUT2D eigenvalue weighted by molar-refractivity contribution is 8.01. The highest BCUT2D eigenvalue weighted by Crippen LogP contribution is 2.27. The summed E-state index contributed by atoms with van der Waals surface area (Å²) in [6, 6.07) is 13.5. The summed E-state index contributed by atoms with van der Waals surface area (Å²) >= 11 is 8.24. The zero-order valence-electron chi connectivity index (χ0n) is 16.1. The molecule has 0 aliphatic rings. The van der Waals surface area contributed by atoms with Crippen molar-refractivity contribution in [2.75, 3.05) is 5.75 Å². The number of carbonyl (C=O) groups excluding carboxylic acids is 1. The zero-order valence-corrected chi connectivity index (χ0v) is 18.5. The number of Topliss-reactive ketones (excluding diaryl/α,β-unsaturated/α-hetero) is 1. The van der Waals surface area contributed by atoms with Crippen molar-refractivity contribution in [2.24, 2.45) is 0 Å². The normalized spacial score (nSPS) is 11.1. The molecule has 0 saturated heterocycles. The number of aryl methyl sites for hydroxylation is 2. The van der Waals surface area contributed by atoms with Gasteiger partial charge in [-0.15, -0.1) is 5.10 Å². The van der Waals surface area contributed by atoms with E-state index in [0.29, 0.717) is 21.1 Å². The quantitative estimate of drug-likeness (QED) is 0.228. The molecule has 148 valence electrons. The lowest BCUT2D eigenvalue weighted by atomic mass is 10.2. The van der Waals surface area contributed by atoms with E-state index in [0.717, 1.165) is 27.2 Å². The van der Waals surface area contributed by atoms with Gasteiger partial charge in [-0.2, -0.15) is 0 Å². The maximum atomic E-state index is 12.9. The van der Waals surface area contributed by atoms with Crippen LogP contribution in [0.4, 0.5) is 0 Å². The maximum absolute atomic E-state index is 12.9. The predicted octanol–water partition coefficient (Wildman–Crippen LogP) is 5.34. The summed E-state index contributed by atoms with van der Waals surface area (Å²) in [6.45, 7) is 5.72. The van der Waals surface area contributed by atoms with E-state index >= 15 is 0 Å². The average Bonchev–Trinajstić information content (AvgIpc) is 3.38. The molecule has 0 spiro atoms. The van der Waals surface area contributed by atoms with Crippen LogP contribution in [0.25, 0.3) is 11.5 Å². The van der Waals surface area contributed by atoms with Crippen LogP contribution in [-0.2, 0) is 0 Å². The van der Waals surface area contributed by atoms with Crippen LogP contribution in [0.15, 0.2) is 51.3 Å². The number of hydrogen-bond acceptors (Lipinski definition) is 7. The van der Waals surface area contributed by atoms with Crippen molar-refractivity contribution in [1.29, 1.82) is 0 Å². The van der Waals surface area contributed by atoms with Gasteiger partial charge in [0.05, 0.1) is 11.4 Å². The van der Waals surface area contributed by atoms with E-state index in [1.54, 1.807) is 4.68 Å². The standard InChI is InChI=1S/C20H18N4O2S3/c1-12-9-16(14(3)23(12)18-10-13(2)26-22-18)17(25)11-28-19-21-24(20(27)29-19)15-7-5-4-6-8-15/h4-10H,11H2,1-3H3. The van der Waals surface area contributed by atoms with Crippen LogP contribution in [0, 0.1) is 24.7 Å². The maximum Gasteiger partial charge on any atom is 0.184 e. The molecule has 0 bridgehead atoms. The van der Waals surface area contributed by atoms with Gasteiger partial charge in [-0.25, -0.2) is 4.68 Å². The van der Waals surface area contributed by atoms with E-state index in [4.69, 9.17) is 16.7 Å². The minimum atomic E-state index is 0.0435. The predicted molar refractivity (Wildman–Crippen MR) is 117 cm³/mol. The largest absolute Gasteiger partial charge is 0.360 e. The molecular weight excluding hydrogens is 424 g/mol. The molecule has 0 atom stereocenters. The molecule has 6 nitrogen and oxygen atoms in total. The Morgan fingerprint density at radius 2 is 1.97 bits per heavy atom. The first-order valence-corrected chi connectivity index (χ1v) is 11.1. The summed E-state index contributed by atoms with van der Waals surface area (Å²) in [7, 11) is 0. The van der Waals surface area contributed by atoms with E-state index in [1.165, 1.54) is 23.1 Å². The Hall–Kier alpha value is -2.49. The number of hydrogen-bond donors (Lipinski definition) is 0. The molecule has 0 saturated carbocycles. The van der Waals surface area contributed by atoms with Crippen LogP contribution in [0.5, 0.6) is 0 Å². The summed E-state index contributed by atoms with van der Waals surface area (Å²) in [6.07, 6.45) is 0. The molecule has 4 aromatic rings. The molecule has 0 aliphatic heterocycles. The molecule has 0 radical (unpaired) electrons. The highest BCUT2D eigenvalue weighted by Gasteiger charge is 2.19. The number of para-hydroxylation sites is 1. The third-order valence-corrected chi connectivity index (χ3v) is 6.80. The Balaban J connectivity index is 1.52. The van der Waals surface area contributed by atoms with Crippen molar-refractivity contribution < 1.29 is 9.32 Å². The van der Waals surface area contributed by atoms with Crippen molar-refractivity contribution in [3.63, 3.8) is 0 Å². The van der Waals surface area contributed by atoms with E-state index in [-0.39, 0.29) is 5.78 Å². The Bertz CT molecular complexity index is 1230. The van der Waals surface area contributed by atoms with Crippen LogP contribution in [-0.4, -0.2) is 31.0 Å². The van der Waals surface area contributed by atoms with Gasteiger partial charge < -0.3 is 4.52 Å². The molecule has 0 unspecified atom stereocenters. The summed E-state index contributed by atoms with van der Waals surface area (Å²) in [5.74, 6) is 1.75. The number of benzene rings is 1. The molecule has 29 heavy (non-hydrogen) atoms. The number of rotatable bonds is 6. The van der Waals surface area contributed by atoms with E-state index < -0.39 is 0 Å². The second kappa shape index (κ2) is 8.10. The topological polar surface area (TPSA) is 65.8 Å². The van der Waals surface area contributed by atoms with E-state index in [9.17, 15) is 4.79 Å². The number of nitrogens with zero attached hydrogens (tertiary/aromatic N) is 4. The molecule has 3 heterocycles. The van der Waals surface area contributed by atoms with Gasteiger partial charge in [-0.05, 0) is 51.2 Å². The highest BCUT2D eigenvalue weighted by atomic mass is 32.2. The van der Waals surface area contributed by atoms with Crippen molar-refractivity contribution in [2.45, 2.75) is 25.1 Å². The average molecular weight is 443 g/mol. The number of carbonyl (C=O) groups is 1. The summed E-state index contributed by atoms with van der Waals surface area (Å²) < 4.78 is 10.3. The SMILES string of the molecule is Cc1cc(-n2c(C)cc(C(=O)CSc3nn(-c4ccccc4)c(=S)s3)c2C)no1. The van der Waals surface area contributed by atoms with E-state index in [1.807, 2.05) is 67.8 Å². The van der Waals surface area contributed by atoms with Crippen LogP contribution in [0.1, 0.15) is 27.5 Å². The summed E-state index contributed by atoms with van der Waals surface area (Å²) in [5, 5.41) is 8.62. The number of aromatic nitrogens is 4. The summed E-state index contributed by atoms with van der Waals surface area (Å²) in [4.78, 5) is 12.9. The first-order valence-electron chi connectivity index (χ1n) is 8.88. The van der Waals surface area contributed by atoms with E-state index in [2.05, 4.69) is 10.3 Å². The third kappa shape index (κ3) is 3.98. The smallest absolute Gasteiger partial charge is 0.184 e. The Kier molecular flexibility index (Phi) is 5.53. The zero-order chi connectivity index (χ0) is 20.5. The van der Waals surface area contributed by atoms with Crippen molar-refractivity contribution in [3.05, 3.63) is 69.1 Å². The van der Waals surface area contributed by atoms with Gasteiger partial charge in [-0.3, -0.25) is 9.36 Å². The molecular formula is C20H18N4O2S3. The molecule has 0 aliphatic carbocycles. The van der Waals surface area contributed by atoms with Gasteiger partial charge in [-0.1, -0.05) is 46.5 Å². The number of ketones is 1. The lowest BCUT2D eigenvalue weighted by Gasteiger charge is -2.04. The first-order chi connectivity index (χ1) is 13.9. The second-order valence-electron chi connectivity index (χ2n) is 6.51. The van der Waals surface area contributed by atoms with Gasteiger partial charge in [0, 0.05) is 23.0 Å². The van der Waals surface area contributed by atoms with Gasteiger partial charge in [0.15, 0.2) is 19.9 Å². The van der Waals surface area contributed by atoms with Gasteiger partial charge in [0.1, 0.15) is 5.76 Å².